The number of hydrogen-bond acceptors (Lipinski definition) is 5. The van der Waals surface area contributed by atoms with Crippen LogP contribution in [0.4, 0.5) is 0 Å². The summed E-state index contributed by atoms with van der Waals surface area (Å²) >= 11 is 0. The van der Waals surface area contributed by atoms with Crippen LogP contribution in [0.1, 0.15) is 18.6 Å². The van der Waals surface area contributed by atoms with Gasteiger partial charge >= 0.3 is 0 Å². The molecule has 2 aliphatic rings. The molecule has 2 fully saturated rings. The van der Waals surface area contributed by atoms with E-state index in [-0.39, 0.29) is 30.1 Å². The molecule has 1 aromatic rings. The van der Waals surface area contributed by atoms with E-state index in [9.17, 15) is 0 Å². The normalized spacial score (nSPS) is 22.6. The van der Waals surface area contributed by atoms with Crippen molar-refractivity contribution in [1.29, 1.82) is 0 Å². The molecular weight excluding hydrogens is 457 g/mol. The minimum Gasteiger partial charge on any atom is -0.370 e. The van der Waals surface area contributed by atoms with Gasteiger partial charge in [0.15, 0.2) is 5.96 Å². The zero-order chi connectivity index (χ0) is 18.4. The predicted octanol–water partition coefficient (Wildman–Crippen LogP) is 0.624. The van der Waals surface area contributed by atoms with Crippen LogP contribution in [-0.2, 0) is 11.8 Å². The summed E-state index contributed by atoms with van der Waals surface area (Å²) in [7, 11) is 3.79. The number of hydrogen-bond donors (Lipinski definition) is 1. The molecule has 0 bridgehead atoms. The Bertz CT molecular complexity index is 586. The second-order valence-electron chi connectivity index (χ2n) is 7.00. The van der Waals surface area contributed by atoms with Crippen LogP contribution in [0.2, 0.25) is 0 Å². The van der Waals surface area contributed by atoms with Gasteiger partial charge in [-0.1, -0.05) is 6.92 Å². The highest BCUT2D eigenvalue weighted by Crippen LogP contribution is 2.21. The molecule has 1 unspecified atom stereocenters. The van der Waals surface area contributed by atoms with Crippen molar-refractivity contribution >= 4 is 29.9 Å². The Hall–Kier alpha value is -0.910. The van der Waals surface area contributed by atoms with Crippen molar-refractivity contribution in [2.75, 3.05) is 72.6 Å². The van der Waals surface area contributed by atoms with Crippen molar-refractivity contribution < 1.29 is 4.74 Å². The van der Waals surface area contributed by atoms with E-state index >= 15 is 0 Å². The molecule has 27 heavy (non-hydrogen) atoms. The van der Waals surface area contributed by atoms with Crippen molar-refractivity contribution in [1.82, 2.24) is 29.8 Å². The second-order valence-corrected chi connectivity index (χ2v) is 7.00. The van der Waals surface area contributed by atoms with Crippen molar-refractivity contribution in [3.05, 3.63) is 18.0 Å². The molecular formula is C18H34IN7O. The van der Waals surface area contributed by atoms with Crippen LogP contribution in [0.25, 0.3) is 0 Å². The number of aromatic nitrogens is 2. The highest BCUT2D eigenvalue weighted by molar-refractivity contribution is 14.0. The topological polar surface area (TPSA) is 61.2 Å². The van der Waals surface area contributed by atoms with E-state index in [4.69, 9.17) is 4.74 Å². The Morgan fingerprint density at radius 1 is 1.26 bits per heavy atom. The number of aliphatic imine (C=N–C) groups is 1. The maximum Gasteiger partial charge on any atom is 0.193 e. The lowest BCUT2D eigenvalue weighted by molar-refractivity contribution is -0.00806. The Morgan fingerprint density at radius 2 is 2.00 bits per heavy atom. The monoisotopic (exact) mass is 491 g/mol. The zero-order valence-corrected chi connectivity index (χ0v) is 19.1. The highest BCUT2D eigenvalue weighted by Gasteiger charge is 2.25. The van der Waals surface area contributed by atoms with Crippen LogP contribution in [0.15, 0.2) is 17.4 Å². The first-order chi connectivity index (χ1) is 12.7. The molecule has 0 radical (unpaired) electrons. The standard InChI is InChI=1S/C18H33N7O.HI/c1-4-23-7-9-24(10-8-23)6-5-20-18(19-2)25-11-12-26-17(15-25)16-13-21-22(3)14-16;/h13-14,17H,4-12,15H2,1-3H3,(H,19,20);1H. The van der Waals surface area contributed by atoms with E-state index in [2.05, 4.69) is 37.0 Å². The van der Waals surface area contributed by atoms with Crippen LogP contribution >= 0.6 is 24.0 Å². The summed E-state index contributed by atoms with van der Waals surface area (Å²) in [6.45, 7) is 12.5. The number of aryl methyl sites for hydroxylation is 1. The summed E-state index contributed by atoms with van der Waals surface area (Å²) in [5.41, 5.74) is 1.13. The fourth-order valence-electron chi connectivity index (χ4n) is 3.64. The molecule has 0 saturated carbocycles. The van der Waals surface area contributed by atoms with Crippen LogP contribution in [0, 0.1) is 0 Å². The van der Waals surface area contributed by atoms with Crippen molar-refractivity contribution in [3.63, 3.8) is 0 Å². The van der Waals surface area contributed by atoms with Gasteiger partial charge in [-0.25, -0.2) is 0 Å². The number of likely N-dealkylation sites (N-methyl/N-ethyl adjacent to an activating group) is 1. The van der Waals surface area contributed by atoms with Crippen LogP contribution < -0.4 is 5.32 Å². The Labute approximate surface area is 179 Å². The molecule has 1 atom stereocenters. The number of halogens is 1. The lowest BCUT2D eigenvalue weighted by Crippen LogP contribution is -2.51. The van der Waals surface area contributed by atoms with Gasteiger partial charge in [-0.3, -0.25) is 14.6 Å². The van der Waals surface area contributed by atoms with E-state index in [0.717, 1.165) is 57.3 Å². The minimum atomic E-state index is 0. The number of guanidine groups is 1. The molecule has 2 saturated heterocycles. The average Bonchev–Trinajstić information content (AvgIpc) is 3.12. The third-order valence-corrected chi connectivity index (χ3v) is 5.30. The summed E-state index contributed by atoms with van der Waals surface area (Å²) in [4.78, 5) is 11.8. The first-order valence-electron chi connectivity index (χ1n) is 9.70. The predicted molar refractivity (Wildman–Crippen MR) is 119 cm³/mol. The molecule has 2 aliphatic heterocycles. The van der Waals surface area contributed by atoms with Crippen LogP contribution in [0.5, 0.6) is 0 Å². The van der Waals surface area contributed by atoms with Gasteiger partial charge in [0.05, 0.1) is 19.3 Å². The minimum absolute atomic E-state index is 0. The molecule has 3 heterocycles. The molecule has 8 nitrogen and oxygen atoms in total. The number of morpholine rings is 1. The zero-order valence-electron chi connectivity index (χ0n) is 16.8. The highest BCUT2D eigenvalue weighted by atomic mass is 127. The SMILES string of the molecule is CCN1CCN(CCNC(=NC)N2CCOC(c3cnn(C)c3)C2)CC1.I. The second kappa shape index (κ2) is 11.2. The van der Waals surface area contributed by atoms with Gasteiger partial charge in [0.2, 0.25) is 0 Å². The Balaban J connectivity index is 0.00000261. The fraction of sp³-hybridized carbons (Fsp3) is 0.778. The molecule has 0 aliphatic carbocycles. The smallest absolute Gasteiger partial charge is 0.193 e. The van der Waals surface area contributed by atoms with Gasteiger partial charge in [-0.2, -0.15) is 5.10 Å². The number of ether oxygens (including phenoxy) is 1. The first-order valence-corrected chi connectivity index (χ1v) is 9.70. The van der Waals surface area contributed by atoms with Crippen molar-refractivity contribution in [3.8, 4) is 0 Å². The number of nitrogens with one attached hydrogen (secondary N) is 1. The van der Waals surface area contributed by atoms with Gasteiger partial charge < -0.3 is 19.9 Å². The first kappa shape index (κ1) is 22.4. The van der Waals surface area contributed by atoms with Crippen LogP contribution in [0.3, 0.4) is 0 Å². The number of rotatable bonds is 5. The molecule has 3 rings (SSSR count). The van der Waals surface area contributed by atoms with Crippen molar-refractivity contribution in [2.45, 2.75) is 13.0 Å². The third-order valence-electron chi connectivity index (χ3n) is 5.30. The number of piperazine rings is 1. The maximum atomic E-state index is 5.93. The summed E-state index contributed by atoms with van der Waals surface area (Å²) in [5.74, 6) is 0.967. The maximum absolute atomic E-state index is 5.93. The Morgan fingerprint density at radius 3 is 2.63 bits per heavy atom. The Kier molecular flexibility index (Phi) is 9.27. The van der Waals surface area contributed by atoms with Gasteiger partial charge in [0.1, 0.15) is 6.10 Å². The lowest BCUT2D eigenvalue weighted by atomic mass is 10.1. The number of nitrogens with zero attached hydrogens (tertiary/aromatic N) is 6. The molecule has 0 aromatic carbocycles. The van der Waals surface area contributed by atoms with Gasteiger partial charge in [0, 0.05) is 71.7 Å². The average molecular weight is 491 g/mol. The van der Waals surface area contributed by atoms with Gasteiger partial charge in [-0.05, 0) is 6.54 Å². The van der Waals surface area contributed by atoms with Crippen LogP contribution in [-0.4, -0.2) is 103 Å². The molecule has 9 heteroatoms. The summed E-state index contributed by atoms with van der Waals surface area (Å²) in [5, 5.41) is 7.79. The molecule has 1 aromatic heterocycles. The molecule has 1 N–H and O–H groups in total. The van der Waals surface area contributed by atoms with E-state index < -0.39 is 0 Å². The van der Waals surface area contributed by atoms with Gasteiger partial charge in [0.25, 0.3) is 0 Å². The molecule has 154 valence electrons. The van der Waals surface area contributed by atoms with E-state index in [1.54, 1.807) is 0 Å². The lowest BCUT2D eigenvalue weighted by Gasteiger charge is -2.36. The van der Waals surface area contributed by atoms with Crippen molar-refractivity contribution in [2.24, 2.45) is 12.0 Å². The molecule has 0 spiro atoms. The summed E-state index contributed by atoms with van der Waals surface area (Å²) in [6.07, 6.45) is 3.97. The molecule has 0 amide bonds. The third kappa shape index (κ3) is 6.30. The van der Waals surface area contributed by atoms with Gasteiger partial charge in [-0.15, -0.1) is 24.0 Å². The van der Waals surface area contributed by atoms with E-state index in [0.29, 0.717) is 6.61 Å². The fourth-order valence-corrected chi connectivity index (χ4v) is 3.64. The van der Waals surface area contributed by atoms with E-state index in [1.165, 1.54) is 13.1 Å². The largest absolute Gasteiger partial charge is 0.370 e. The van der Waals surface area contributed by atoms with E-state index in [1.807, 2.05) is 31.2 Å². The summed E-state index contributed by atoms with van der Waals surface area (Å²) in [6, 6.07) is 0. The summed E-state index contributed by atoms with van der Waals surface area (Å²) < 4.78 is 7.75. The quantitative estimate of drug-likeness (QED) is 0.371.